The maximum atomic E-state index is 2.42. The second-order valence-corrected chi connectivity index (χ2v) is 7.71. The first-order valence-electron chi connectivity index (χ1n) is 9.77. The molecule has 0 bridgehead atoms. The summed E-state index contributed by atoms with van der Waals surface area (Å²) in [6.07, 6.45) is 8.99. The first kappa shape index (κ1) is 20.6. The number of anilines is 1. The molecule has 3 heteroatoms. The van der Waals surface area contributed by atoms with E-state index in [2.05, 4.69) is 116 Å². The van der Waals surface area contributed by atoms with Gasteiger partial charge in [-0.05, 0) is 63.1 Å². The molecule has 1 aromatic heterocycles. The van der Waals surface area contributed by atoms with Crippen LogP contribution in [0.1, 0.15) is 44.9 Å². The van der Waals surface area contributed by atoms with Gasteiger partial charge in [-0.25, -0.2) is 0 Å². The van der Waals surface area contributed by atoms with Crippen molar-refractivity contribution in [3.8, 4) is 0 Å². The number of fused-ring (bicyclic) bond motifs is 2. The van der Waals surface area contributed by atoms with Gasteiger partial charge in [-0.1, -0.05) is 36.4 Å². The van der Waals surface area contributed by atoms with Crippen molar-refractivity contribution in [2.75, 3.05) is 4.90 Å². The van der Waals surface area contributed by atoms with Crippen LogP contribution in [0.25, 0.3) is 23.1 Å². The van der Waals surface area contributed by atoms with Crippen LogP contribution >= 0.6 is 0 Å². The molecule has 1 aliphatic rings. The lowest BCUT2D eigenvalue weighted by Gasteiger charge is -2.34. The topological polar surface area (TPSA) is 7.12 Å². The third-order valence-electron chi connectivity index (χ3n) is 5.19. The predicted octanol–water partition coefficient (Wildman–Crippen LogP) is 2.99. The number of aromatic nitrogens is 1. The lowest BCUT2D eigenvalue weighted by Crippen LogP contribution is -3.00. The molecule has 4 rings (SSSR count). The van der Waals surface area contributed by atoms with Crippen molar-refractivity contribution in [2.45, 2.75) is 39.8 Å². The lowest BCUT2D eigenvalue weighted by molar-refractivity contribution is -0.691. The second kappa shape index (κ2) is 8.48. The molecular weight excluding hydrogens is 455 g/mol. The number of halogens is 1. The third-order valence-corrected chi connectivity index (χ3v) is 5.19. The maximum absolute atomic E-state index is 2.42. The normalized spacial score (nSPS) is 14.6. The van der Waals surface area contributed by atoms with Crippen molar-refractivity contribution in [3.63, 3.8) is 0 Å². The number of allylic oxidation sites excluding steroid dienone is 1. The molecule has 0 spiro atoms. The molecule has 2 heterocycles. The van der Waals surface area contributed by atoms with Gasteiger partial charge in [0.25, 0.3) is 0 Å². The van der Waals surface area contributed by atoms with Crippen LogP contribution in [0, 0.1) is 0 Å². The van der Waals surface area contributed by atoms with Crippen LogP contribution in [0.3, 0.4) is 0 Å². The molecule has 0 aliphatic carbocycles. The zero-order valence-electron chi connectivity index (χ0n) is 16.9. The molecule has 144 valence electrons. The molecule has 28 heavy (non-hydrogen) atoms. The van der Waals surface area contributed by atoms with Gasteiger partial charge in [0.2, 0.25) is 5.52 Å². The van der Waals surface area contributed by atoms with E-state index in [1.54, 1.807) is 0 Å². The molecular formula is C25H27IN2. The number of hydrogen-bond donors (Lipinski definition) is 0. The van der Waals surface area contributed by atoms with Crippen molar-refractivity contribution < 1.29 is 28.5 Å². The fraction of sp³-hybridized carbons (Fsp3) is 0.240. The van der Waals surface area contributed by atoms with Crippen LogP contribution in [-0.4, -0.2) is 6.04 Å². The van der Waals surface area contributed by atoms with Gasteiger partial charge in [0, 0.05) is 29.6 Å². The number of hydrogen-bond acceptors (Lipinski definition) is 1. The van der Waals surface area contributed by atoms with Crippen molar-refractivity contribution in [1.82, 2.24) is 0 Å². The number of nitrogens with zero attached hydrogens (tertiary/aromatic N) is 2. The van der Waals surface area contributed by atoms with E-state index in [0.717, 1.165) is 0 Å². The molecule has 1 aliphatic heterocycles. The first-order valence-corrected chi connectivity index (χ1v) is 9.77. The highest BCUT2D eigenvalue weighted by Gasteiger charge is 2.21. The fourth-order valence-electron chi connectivity index (χ4n) is 3.95. The molecule has 0 amide bonds. The van der Waals surface area contributed by atoms with E-state index in [1.165, 1.54) is 33.4 Å². The molecule has 0 radical (unpaired) electrons. The van der Waals surface area contributed by atoms with Gasteiger partial charge >= 0.3 is 0 Å². The van der Waals surface area contributed by atoms with E-state index in [0.29, 0.717) is 12.1 Å². The SMILES string of the molecule is CC(C)N1/C(=C\c2cc[n+](C(C)C)c3ccccc23)C=Cc2ccccc21.[I-]. The van der Waals surface area contributed by atoms with Crippen LogP contribution in [0.5, 0.6) is 0 Å². The highest BCUT2D eigenvalue weighted by atomic mass is 127. The summed E-state index contributed by atoms with van der Waals surface area (Å²) in [6.45, 7) is 8.96. The Morgan fingerprint density at radius 2 is 1.57 bits per heavy atom. The van der Waals surface area contributed by atoms with E-state index in [4.69, 9.17) is 0 Å². The van der Waals surface area contributed by atoms with Gasteiger partial charge in [0.05, 0.1) is 5.39 Å². The summed E-state index contributed by atoms with van der Waals surface area (Å²) in [5.74, 6) is 0. The van der Waals surface area contributed by atoms with Crippen LogP contribution in [0.15, 0.2) is 72.6 Å². The van der Waals surface area contributed by atoms with Gasteiger partial charge < -0.3 is 28.9 Å². The minimum absolute atomic E-state index is 0. The molecule has 2 nitrogen and oxygen atoms in total. The van der Waals surface area contributed by atoms with Gasteiger partial charge in [-0.15, -0.1) is 0 Å². The van der Waals surface area contributed by atoms with E-state index in [9.17, 15) is 0 Å². The van der Waals surface area contributed by atoms with E-state index < -0.39 is 0 Å². The second-order valence-electron chi connectivity index (χ2n) is 7.71. The van der Waals surface area contributed by atoms with E-state index in [1.807, 2.05) is 0 Å². The smallest absolute Gasteiger partial charge is 0.213 e. The first-order chi connectivity index (χ1) is 13.1. The highest BCUT2D eigenvalue weighted by molar-refractivity contribution is 5.88. The Labute approximate surface area is 185 Å². The third kappa shape index (κ3) is 3.72. The fourth-order valence-corrected chi connectivity index (χ4v) is 3.95. The number of para-hydroxylation sites is 2. The van der Waals surface area contributed by atoms with Gasteiger partial charge in [-0.2, -0.15) is 4.57 Å². The Balaban J connectivity index is 0.00000225. The summed E-state index contributed by atoms with van der Waals surface area (Å²) in [7, 11) is 0. The summed E-state index contributed by atoms with van der Waals surface area (Å²) < 4.78 is 2.34. The minimum Gasteiger partial charge on any atom is -1.00 e. The molecule has 2 aromatic carbocycles. The number of benzene rings is 2. The molecule has 0 N–H and O–H groups in total. The summed E-state index contributed by atoms with van der Waals surface area (Å²) in [5, 5.41) is 1.29. The average molecular weight is 482 g/mol. The molecule has 0 atom stereocenters. The summed E-state index contributed by atoms with van der Waals surface area (Å²) >= 11 is 0. The minimum atomic E-state index is 0. The zero-order valence-corrected chi connectivity index (χ0v) is 19.1. The lowest BCUT2D eigenvalue weighted by atomic mass is 10.0. The van der Waals surface area contributed by atoms with Crippen molar-refractivity contribution >= 4 is 28.7 Å². The predicted molar refractivity (Wildman–Crippen MR) is 116 cm³/mol. The van der Waals surface area contributed by atoms with Crippen molar-refractivity contribution in [1.29, 1.82) is 0 Å². The standard InChI is InChI=1S/C25H27N2.HI/c1-18(2)26-16-15-21(23-10-6-8-12-25(23)26)17-22-14-13-20-9-5-7-11-24(20)27(22)19(3)4;/h5-19H,1-4H3;1H/q+1;/p-1. The highest BCUT2D eigenvalue weighted by Crippen LogP contribution is 2.34. The Bertz CT molecular complexity index is 1050. The molecule has 3 aromatic rings. The maximum Gasteiger partial charge on any atom is 0.213 e. The van der Waals surface area contributed by atoms with E-state index in [-0.39, 0.29) is 24.0 Å². The van der Waals surface area contributed by atoms with Gasteiger partial charge in [0.1, 0.15) is 0 Å². The molecule has 0 saturated heterocycles. The van der Waals surface area contributed by atoms with Crippen LogP contribution in [0.4, 0.5) is 5.69 Å². The summed E-state index contributed by atoms with van der Waals surface area (Å²) in [5.41, 5.74) is 6.32. The monoisotopic (exact) mass is 482 g/mol. The van der Waals surface area contributed by atoms with Crippen LogP contribution < -0.4 is 33.4 Å². The van der Waals surface area contributed by atoms with Crippen molar-refractivity contribution in [3.05, 3.63) is 83.7 Å². The number of rotatable bonds is 3. The molecule has 0 saturated carbocycles. The Kier molecular flexibility index (Phi) is 6.23. The van der Waals surface area contributed by atoms with Gasteiger partial charge in [-0.3, -0.25) is 0 Å². The molecule has 0 fully saturated rings. The summed E-state index contributed by atoms with van der Waals surface area (Å²) in [4.78, 5) is 2.42. The van der Waals surface area contributed by atoms with Crippen molar-refractivity contribution in [2.24, 2.45) is 0 Å². The Morgan fingerprint density at radius 1 is 0.857 bits per heavy atom. The zero-order chi connectivity index (χ0) is 19.0. The summed E-state index contributed by atoms with van der Waals surface area (Å²) in [6, 6.07) is 20.4. The Hall–Kier alpha value is -2.14. The van der Waals surface area contributed by atoms with Crippen LogP contribution in [-0.2, 0) is 0 Å². The average Bonchev–Trinajstić information content (AvgIpc) is 2.67. The quantitative estimate of drug-likeness (QED) is 0.412. The Morgan fingerprint density at radius 3 is 2.32 bits per heavy atom. The molecule has 0 unspecified atom stereocenters. The van der Waals surface area contributed by atoms with Gasteiger partial charge in [0.15, 0.2) is 12.2 Å². The van der Waals surface area contributed by atoms with E-state index >= 15 is 0 Å². The van der Waals surface area contributed by atoms with Crippen LogP contribution in [0.2, 0.25) is 0 Å². The number of pyridine rings is 1. The largest absolute Gasteiger partial charge is 1.00 e.